The molecule has 0 bridgehead atoms. The fourth-order valence-corrected chi connectivity index (χ4v) is 5.03. The quantitative estimate of drug-likeness (QED) is 0.405. The van der Waals surface area contributed by atoms with Crippen LogP contribution in [0.1, 0.15) is 16.7 Å². The Labute approximate surface area is 223 Å². The molecule has 0 spiro atoms. The molecule has 3 aromatic rings. The number of hydrogen-bond donors (Lipinski definition) is 1. The maximum absolute atomic E-state index is 14.8. The summed E-state index contributed by atoms with van der Waals surface area (Å²) >= 11 is 0. The Hall–Kier alpha value is -3.76. The molecule has 0 radical (unpaired) electrons. The highest BCUT2D eigenvalue weighted by atomic mass is 32.2. The van der Waals surface area contributed by atoms with E-state index in [1.807, 2.05) is 61.5 Å². The van der Waals surface area contributed by atoms with Gasteiger partial charge in [0.2, 0.25) is 11.8 Å². The maximum atomic E-state index is 14.8. The summed E-state index contributed by atoms with van der Waals surface area (Å²) < 4.78 is 42.9. The zero-order valence-electron chi connectivity index (χ0n) is 22.0. The minimum atomic E-state index is -4.25. The number of nitrogens with zero attached hydrogens (tertiary/aromatic N) is 3. The van der Waals surface area contributed by atoms with Crippen LogP contribution in [0.3, 0.4) is 0 Å². The molecule has 10 heteroatoms. The van der Waals surface area contributed by atoms with Crippen LogP contribution in [-0.2, 0) is 32.8 Å². The van der Waals surface area contributed by atoms with Crippen LogP contribution < -0.4 is 9.62 Å². The monoisotopic (exact) mass is 540 g/mol. The molecular formula is C28H33FN4O4S. The van der Waals surface area contributed by atoms with Crippen LogP contribution in [0.15, 0.2) is 78.9 Å². The van der Waals surface area contributed by atoms with Crippen molar-refractivity contribution in [3.63, 3.8) is 0 Å². The minimum Gasteiger partial charge on any atom is -0.357 e. The summed E-state index contributed by atoms with van der Waals surface area (Å²) in [7, 11) is -0.158. The molecular weight excluding hydrogens is 507 g/mol. The average molecular weight is 541 g/mol. The normalized spacial score (nSPS) is 12.2. The van der Waals surface area contributed by atoms with Gasteiger partial charge in [0.15, 0.2) is 0 Å². The Morgan fingerprint density at radius 3 is 2.08 bits per heavy atom. The van der Waals surface area contributed by atoms with Crippen LogP contribution in [0.2, 0.25) is 0 Å². The second-order valence-electron chi connectivity index (χ2n) is 9.08. The number of carbonyl (C=O) groups excluding carboxylic acids is 2. The van der Waals surface area contributed by atoms with Crippen LogP contribution in [0.5, 0.6) is 0 Å². The minimum absolute atomic E-state index is 0.0527. The topological polar surface area (TPSA) is 90.0 Å². The molecule has 202 valence electrons. The molecule has 0 aliphatic carbocycles. The summed E-state index contributed by atoms with van der Waals surface area (Å²) in [6.07, 6.45) is 0.207. The summed E-state index contributed by atoms with van der Waals surface area (Å²) in [5, 5.41) is 2.63. The van der Waals surface area contributed by atoms with Crippen molar-refractivity contribution in [1.29, 1.82) is 0 Å². The predicted molar refractivity (Wildman–Crippen MR) is 146 cm³/mol. The first kappa shape index (κ1) is 28.8. The fraction of sp³-hybridized carbons (Fsp3) is 0.286. The molecule has 3 rings (SSSR count). The molecule has 2 amide bonds. The van der Waals surface area contributed by atoms with Crippen LogP contribution in [0, 0.1) is 12.7 Å². The number of halogens is 1. The van der Waals surface area contributed by atoms with Gasteiger partial charge in [0.25, 0.3) is 0 Å². The van der Waals surface area contributed by atoms with E-state index in [1.54, 1.807) is 0 Å². The van der Waals surface area contributed by atoms with E-state index >= 15 is 0 Å². The Balaban J connectivity index is 2.07. The lowest BCUT2D eigenvalue weighted by molar-refractivity contribution is -0.139. The number of hydrogen-bond acceptors (Lipinski definition) is 4. The highest BCUT2D eigenvalue weighted by Gasteiger charge is 2.35. The van der Waals surface area contributed by atoms with Crippen molar-refractivity contribution >= 4 is 27.7 Å². The third-order valence-corrected chi connectivity index (χ3v) is 7.94. The molecule has 0 aliphatic heterocycles. The van der Waals surface area contributed by atoms with Crippen LogP contribution in [0.25, 0.3) is 0 Å². The van der Waals surface area contributed by atoms with Gasteiger partial charge in [-0.15, -0.1) is 0 Å². The smallest absolute Gasteiger partial charge is 0.304 e. The van der Waals surface area contributed by atoms with Gasteiger partial charge in [-0.25, -0.2) is 8.70 Å². The van der Waals surface area contributed by atoms with Gasteiger partial charge in [0.05, 0.1) is 5.69 Å². The number of likely N-dealkylation sites (N-methyl/N-ethyl adjacent to an activating group) is 1. The molecule has 0 heterocycles. The average Bonchev–Trinajstić information content (AvgIpc) is 2.90. The summed E-state index contributed by atoms with van der Waals surface area (Å²) in [6.45, 7) is 1.29. The van der Waals surface area contributed by atoms with Gasteiger partial charge in [-0.05, 0) is 30.2 Å². The lowest BCUT2D eigenvalue weighted by Gasteiger charge is -2.34. The molecule has 3 aromatic carbocycles. The number of benzene rings is 3. The Morgan fingerprint density at radius 2 is 1.50 bits per heavy atom. The number of carbonyl (C=O) groups is 2. The Kier molecular flexibility index (Phi) is 9.60. The molecule has 0 aliphatic rings. The molecule has 38 heavy (non-hydrogen) atoms. The van der Waals surface area contributed by atoms with Gasteiger partial charge in [-0.2, -0.15) is 12.7 Å². The van der Waals surface area contributed by atoms with Gasteiger partial charge in [-0.1, -0.05) is 72.3 Å². The fourth-order valence-electron chi connectivity index (χ4n) is 3.97. The largest absolute Gasteiger partial charge is 0.357 e. The van der Waals surface area contributed by atoms with Crippen molar-refractivity contribution < 1.29 is 22.4 Å². The molecule has 0 aromatic heterocycles. The summed E-state index contributed by atoms with van der Waals surface area (Å²) in [5.41, 5.74) is 2.36. The van der Waals surface area contributed by atoms with Crippen molar-refractivity contribution in [2.45, 2.75) is 25.9 Å². The molecule has 0 saturated carbocycles. The number of aryl methyl sites for hydroxylation is 1. The third-order valence-electron chi connectivity index (χ3n) is 6.13. The summed E-state index contributed by atoms with van der Waals surface area (Å²) in [5.74, 6) is -1.84. The lowest BCUT2D eigenvalue weighted by atomic mass is 10.0. The molecule has 0 saturated heterocycles. The summed E-state index contributed by atoms with van der Waals surface area (Å²) in [6, 6.07) is 21.1. The van der Waals surface area contributed by atoms with Crippen molar-refractivity contribution in [2.75, 3.05) is 32.0 Å². The Bertz CT molecular complexity index is 1350. The lowest BCUT2D eigenvalue weighted by Crippen LogP contribution is -2.54. The number of rotatable bonds is 11. The first-order valence-corrected chi connectivity index (χ1v) is 13.5. The van der Waals surface area contributed by atoms with Gasteiger partial charge >= 0.3 is 10.2 Å². The molecule has 0 fully saturated rings. The van der Waals surface area contributed by atoms with E-state index in [-0.39, 0.29) is 18.7 Å². The first-order valence-electron chi connectivity index (χ1n) is 12.1. The van der Waals surface area contributed by atoms with Crippen LogP contribution in [0.4, 0.5) is 10.1 Å². The maximum Gasteiger partial charge on any atom is 0.304 e. The van der Waals surface area contributed by atoms with E-state index in [0.29, 0.717) is 0 Å². The van der Waals surface area contributed by atoms with E-state index in [4.69, 9.17) is 0 Å². The standard InChI is InChI=1S/C28H33FN4O4S/c1-21-14-16-23(17-15-21)19-32(26(28(35)30-2)18-22-10-6-5-7-11-22)27(34)20-33(38(36,37)31(3)4)25-13-9-8-12-24(25)29/h5-17,26H,18-20H2,1-4H3,(H,30,35)/t26-/m1/s1. The van der Waals surface area contributed by atoms with Crippen molar-refractivity contribution in [3.05, 3.63) is 101 Å². The van der Waals surface area contributed by atoms with Crippen LogP contribution in [-0.4, -0.2) is 63.2 Å². The zero-order chi connectivity index (χ0) is 27.9. The molecule has 1 atom stereocenters. The number of amides is 2. The van der Waals surface area contributed by atoms with Crippen molar-refractivity contribution in [2.24, 2.45) is 0 Å². The number of para-hydroxylation sites is 1. The number of anilines is 1. The summed E-state index contributed by atoms with van der Waals surface area (Å²) in [4.78, 5) is 28.4. The van der Waals surface area contributed by atoms with Crippen molar-refractivity contribution in [3.8, 4) is 0 Å². The SMILES string of the molecule is CNC(=O)[C@@H](Cc1ccccc1)N(Cc1ccc(C)cc1)C(=O)CN(c1ccccc1F)S(=O)(=O)N(C)C. The molecule has 8 nitrogen and oxygen atoms in total. The van der Waals surface area contributed by atoms with E-state index < -0.39 is 40.4 Å². The van der Waals surface area contributed by atoms with Crippen LogP contribution >= 0.6 is 0 Å². The molecule has 1 N–H and O–H groups in total. The second kappa shape index (κ2) is 12.7. The highest BCUT2D eigenvalue weighted by Crippen LogP contribution is 2.24. The predicted octanol–water partition coefficient (Wildman–Crippen LogP) is 3.13. The van der Waals surface area contributed by atoms with E-state index in [2.05, 4.69) is 5.32 Å². The third kappa shape index (κ3) is 6.96. The van der Waals surface area contributed by atoms with Gasteiger partial charge in [-0.3, -0.25) is 9.59 Å². The van der Waals surface area contributed by atoms with Gasteiger partial charge in [0, 0.05) is 34.1 Å². The first-order chi connectivity index (χ1) is 18.0. The zero-order valence-corrected chi connectivity index (χ0v) is 22.8. The van der Waals surface area contributed by atoms with E-state index in [9.17, 15) is 22.4 Å². The van der Waals surface area contributed by atoms with Gasteiger partial charge < -0.3 is 10.2 Å². The van der Waals surface area contributed by atoms with Gasteiger partial charge in [0.1, 0.15) is 18.4 Å². The van der Waals surface area contributed by atoms with Crippen molar-refractivity contribution in [1.82, 2.24) is 14.5 Å². The van der Waals surface area contributed by atoms with E-state index in [1.165, 1.54) is 44.2 Å². The second-order valence-corrected chi connectivity index (χ2v) is 11.1. The number of nitrogens with one attached hydrogen (secondary N) is 1. The highest BCUT2D eigenvalue weighted by molar-refractivity contribution is 7.90. The molecule has 0 unspecified atom stereocenters. The van der Waals surface area contributed by atoms with E-state index in [0.717, 1.165) is 31.4 Å². The Morgan fingerprint density at radius 1 is 0.895 bits per heavy atom.